The van der Waals surface area contributed by atoms with Gasteiger partial charge < -0.3 is 0 Å². The number of benzene rings is 1. The van der Waals surface area contributed by atoms with Gasteiger partial charge in [0, 0.05) is 30.9 Å². The van der Waals surface area contributed by atoms with E-state index in [1.165, 1.54) is 11.3 Å². The van der Waals surface area contributed by atoms with Gasteiger partial charge in [0.25, 0.3) is 0 Å². The number of nitrogens with zero attached hydrogens (tertiary/aromatic N) is 6. The Balaban J connectivity index is 1.40. The van der Waals surface area contributed by atoms with Crippen LogP contribution in [0.25, 0.3) is 11.4 Å². The smallest absolute Gasteiger partial charge is 0.204 e. The van der Waals surface area contributed by atoms with Crippen LogP contribution in [0.2, 0.25) is 0 Å². The van der Waals surface area contributed by atoms with E-state index in [9.17, 15) is 0 Å². The Kier molecular flexibility index (Phi) is 3.86. The monoisotopic (exact) mass is 323 g/mol. The van der Waals surface area contributed by atoms with Crippen LogP contribution in [0, 0.1) is 13.8 Å². The molecule has 2 aromatic heterocycles. The summed E-state index contributed by atoms with van der Waals surface area (Å²) in [6.45, 7) is 7.31. The summed E-state index contributed by atoms with van der Waals surface area (Å²) < 4.78 is 2.19. The fraction of sp³-hybridized carbons (Fsp3) is 0.412. The van der Waals surface area contributed by atoms with E-state index in [0.717, 1.165) is 37.3 Å². The number of hydrogen-bond acceptors (Lipinski definition) is 5. The first-order valence-corrected chi connectivity index (χ1v) is 8.27. The summed E-state index contributed by atoms with van der Waals surface area (Å²) in [6, 6.07) is 11.0. The lowest BCUT2D eigenvalue weighted by Crippen LogP contribution is -2.22. The fourth-order valence-corrected chi connectivity index (χ4v) is 3.47. The van der Waals surface area contributed by atoms with Crippen LogP contribution in [0.5, 0.6) is 0 Å². The minimum Gasteiger partial charge on any atom is -0.297 e. The summed E-state index contributed by atoms with van der Waals surface area (Å²) in [7, 11) is 0. The largest absolute Gasteiger partial charge is 0.297 e. The highest BCUT2D eigenvalue weighted by atomic mass is 15.5. The number of aromatic amines is 1. The molecule has 1 aliphatic rings. The van der Waals surface area contributed by atoms with Crippen molar-refractivity contribution in [2.45, 2.75) is 32.9 Å². The summed E-state index contributed by atoms with van der Waals surface area (Å²) in [5, 5.41) is 18.7. The number of rotatable bonds is 4. The van der Waals surface area contributed by atoms with E-state index in [2.05, 4.69) is 79.5 Å². The molecule has 0 radical (unpaired) electrons. The van der Waals surface area contributed by atoms with E-state index in [4.69, 9.17) is 0 Å². The third-order valence-electron chi connectivity index (χ3n) is 4.60. The van der Waals surface area contributed by atoms with Crippen LogP contribution in [-0.2, 0) is 6.54 Å². The van der Waals surface area contributed by atoms with Crippen molar-refractivity contribution in [2.75, 3.05) is 13.1 Å². The second-order valence-electron chi connectivity index (χ2n) is 6.48. The van der Waals surface area contributed by atoms with E-state index in [0.29, 0.717) is 11.9 Å². The predicted molar refractivity (Wildman–Crippen MR) is 90.2 cm³/mol. The molecule has 4 rings (SSSR count). The molecule has 3 aromatic rings. The van der Waals surface area contributed by atoms with Crippen molar-refractivity contribution in [3.63, 3.8) is 0 Å². The summed E-state index contributed by atoms with van der Waals surface area (Å²) in [5.74, 6) is 0.632. The Hall–Kier alpha value is -2.54. The number of hydrogen-bond donors (Lipinski definition) is 1. The number of aromatic nitrogens is 6. The summed E-state index contributed by atoms with van der Waals surface area (Å²) in [4.78, 5) is 2.49. The first-order valence-electron chi connectivity index (χ1n) is 8.27. The van der Waals surface area contributed by atoms with Crippen molar-refractivity contribution in [1.82, 2.24) is 35.3 Å². The zero-order valence-corrected chi connectivity index (χ0v) is 14.0. The van der Waals surface area contributed by atoms with Crippen molar-refractivity contribution in [2.24, 2.45) is 0 Å². The summed E-state index contributed by atoms with van der Waals surface area (Å²) >= 11 is 0. The molecule has 1 fully saturated rings. The van der Waals surface area contributed by atoms with Gasteiger partial charge in [-0.05, 0) is 37.1 Å². The number of likely N-dealkylation sites (tertiary alicyclic amines) is 1. The van der Waals surface area contributed by atoms with Crippen LogP contribution in [0.3, 0.4) is 0 Å². The van der Waals surface area contributed by atoms with E-state index >= 15 is 0 Å². The molecule has 3 heterocycles. The molecule has 1 unspecified atom stereocenters. The molecule has 0 amide bonds. The minimum absolute atomic E-state index is 0.484. The molecule has 0 bridgehead atoms. The Morgan fingerprint density at radius 3 is 2.71 bits per heavy atom. The second kappa shape index (κ2) is 6.16. The standard InChI is InChI=1S/C17H21N7/c1-12-9-13(2)24(20-12)16-7-8-23(11-16)10-14-3-5-15(6-4-14)17-18-21-22-19-17/h3-6,9,16H,7-8,10-11H2,1-2H3,(H,18,19,21,22). The lowest BCUT2D eigenvalue weighted by molar-refractivity contribution is 0.310. The Morgan fingerprint density at radius 1 is 1.21 bits per heavy atom. The molecule has 7 heteroatoms. The number of tetrazole rings is 1. The van der Waals surface area contributed by atoms with Gasteiger partial charge >= 0.3 is 0 Å². The third kappa shape index (κ3) is 2.94. The van der Waals surface area contributed by atoms with Crippen LogP contribution >= 0.6 is 0 Å². The maximum absolute atomic E-state index is 4.64. The molecule has 24 heavy (non-hydrogen) atoms. The SMILES string of the molecule is Cc1cc(C)n(C2CCN(Cc3ccc(-c4nn[nH]n4)cc3)C2)n1. The molecule has 1 aliphatic heterocycles. The van der Waals surface area contributed by atoms with E-state index < -0.39 is 0 Å². The van der Waals surface area contributed by atoms with Gasteiger partial charge in [0.1, 0.15) is 0 Å². The molecule has 7 nitrogen and oxygen atoms in total. The van der Waals surface area contributed by atoms with Crippen LogP contribution in [-0.4, -0.2) is 48.4 Å². The molecular weight excluding hydrogens is 302 g/mol. The van der Waals surface area contributed by atoms with Gasteiger partial charge in [0.15, 0.2) is 0 Å². The van der Waals surface area contributed by atoms with Crippen molar-refractivity contribution >= 4 is 0 Å². The van der Waals surface area contributed by atoms with Crippen molar-refractivity contribution in [1.29, 1.82) is 0 Å². The average Bonchev–Trinajstić information content (AvgIpc) is 3.30. The molecule has 1 saturated heterocycles. The highest BCUT2D eigenvalue weighted by Crippen LogP contribution is 2.25. The minimum atomic E-state index is 0.484. The topological polar surface area (TPSA) is 75.5 Å². The Bertz CT molecular complexity index is 804. The molecule has 1 N–H and O–H groups in total. The fourth-order valence-electron chi connectivity index (χ4n) is 3.47. The third-order valence-corrected chi connectivity index (χ3v) is 4.60. The highest BCUT2D eigenvalue weighted by Gasteiger charge is 2.25. The Morgan fingerprint density at radius 2 is 2.04 bits per heavy atom. The van der Waals surface area contributed by atoms with Gasteiger partial charge in [-0.1, -0.05) is 24.3 Å². The lowest BCUT2D eigenvalue weighted by atomic mass is 10.1. The van der Waals surface area contributed by atoms with Gasteiger partial charge in [-0.25, -0.2) is 0 Å². The average molecular weight is 323 g/mol. The van der Waals surface area contributed by atoms with Crippen LogP contribution in [0.15, 0.2) is 30.3 Å². The van der Waals surface area contributed by atoms with Crippen molar-refractivity contribution in [3.8, 4) is 11.4 Å². The van der Waals surface area contributed by atoms with Crippen LogP contribution < -0.4 is 0 Å². The molecule has 124 valence electrons. The van der Waals surface area contributed by atoms with E-state index in [1.807, 2.05) is 0 Å². The van der Waals surface area contributed by atoms with Crippen LogP contribution in [0.4, 0.5) is 0 Å². The maximum Gasteiger partial charge on any atom is 0.204 e. The first-order chi connectivity index (χ1) is 11.7. The van der Waals surface area contributed by atoms with Gasteiger partial charge in [-0.15, -0.1) is 10.2 Å². The lowest BCUT2D eigenvalue weighted by Gasteiger charge is -2.17. The highest BCUT2D eigenvalue weighted by molar-refractivity contribution is 5.54. The van der Waals surface area contributed by atoms with Gasteiger partial charge in [0.05, 0.1) is 11.7 Å². The number of H-pyrrole nitrogens is 1. The molecule has 1 aromatic carbocycles. The van der Waals surface area contributed by atoms with E-state index in [-0.39, 0.29) is 0 Å². The van der Waals surface area contributed by atoms with Gasteiger partial charge in [0.2, 0.25) is 5.82 Å². The Labute approximate surface area is 140 Å². The normalized spacial score (nSPS) is 18.3. The number of nitrogens with one attached hydrogen (secondary N) is 1. The van der Waals surface area contributed by atoms with Crippen molar-refractivity contribution in [3.05, 3.63) is 47.3 Å². The van der Waals surface area contributed by atoms with E-state index in [1.54, 1.807) is 0 Å². The van der Waals surface area contributed by atoms with Gasteiger partial charge in [-0.3, -0.25) is 9.58 Å². The number of aryl methyl sites for hydroxylation is 2. The zero-order chi connectivity index (χ0) is 16.5. The predicted octanol–water partition coefficient (Wildman–Crippen LogP) is 2.13. The molecule has 0 aliphatic carbocycles. The van der Waals surface area contributed by atoms with Crippen molar-refractivity contribution < 1.29 is 0 Å². The second-order valence-corrected chi connectivity index (χ2v) is 6.48. The molecular formula is C17H21N7. The quantitative estimate of drug-likeness (QED) is 0.796. The van der Waals surface area contributed by atoms with Crippen LogP contribution in [0.1, 0.15) is 29.4 Å². The summed E-state index contributed by atoms with van der Waals surface area (Å²) in [6.07, 6.45) is 1.16. The first kappa shape index (κ1) is 15.0. The summed E-state index contributed by atoms with van der Waals surface area (Å²) in [5.41, 5.74) is 4.64. The van der Waals surface area contributed by atoms with Gasteiger partial charge in [-0.2, -0.15) is 10.3 Å². The molecule has 1 atom stereocenters. The maximum atomic E-state index is 4.64. The molecule has 0 spiro atoms. The molecule has 0 saturated carbocycles. The zero-order valence-electron chi connectivity index (χ0n) is 14.0.